The maximum atomic E-state index is 12.8. The van der Waals surface area contributed by atoms with Crippen LogP contribution < -0.4 is 26.8 Å². The SMILES string of the molecule is Cl.O=C(CNC(=O)C1NNC2CCNCC21)Nc1ccc(F)cc1. The fourth-order valence-corrected chi connectivity index (χ4v) is 2.99. The van der Waals surface area contributed by atoms with Crippen LogP contribution in [0.15, 0.2) is 24.3 Å². The molecular weight excluding hydrogens is 337 g/mol. The summed E-state index contributed by atoms with van der Waals surface area (Å²) in [6, 6.07) is 5.38. The molecule has 24 heavy (non-hydrogen) atoms. The molecule has 9 heteroatoms. The van der Waals surface area contributed by atoms with Gasteiger partial charge in [0.05, 0.1) is 6.54 Å². The maximum absolute atomic E-state index is 12.8. The lowest BCUT2D eigenvalue weighted by atomic mass is 9.89. The van der Waals surface area contributed by atoms with Crippen molar-refractivity contribution in [2.75, 3.05) is 25.0 Å². The van der Waals surface area contributed by atoms with Crippen molar-refractivity contribution in [1.82, 2.24) is 21.5 Å². The van der Waals surface area contributed by atoms with E-state index in [1.165, 1.54) is 24.3 Å². The summed E-state index contributed by atoms with van der Waals surface area (Å²) in [5, 5.41) is 8.51. The molecule has 0 aliphatic carbocycles. The molecule has 3 unspecified atom stereocenters. The molecule has 1 aromatic rings. The second-order valence-corrected chi connectivity index (χ2v) is 5.80. The molecule has 3 rings (SSSR count). The summed E-state index contributed by atoms with van der Waals surface area (Å²) in [4.78, 5) is 24.1. The average molecular weight is 358 g/mol. The van der Waals surface area contributed by atoms with E-state index in [0.29, 0.717) is 5.69 Å². The quantitative estimate of drug-likeness (QED) is 0.512. The number of hydrazine groups is 1. The van der Waals surface area contributed by atoms with Gasteiger partial charge in [-0.3, -0.25) is 15.0 Å². The van der Waals surface area contributed by atoms with Crippen LogP contribution >= 0.6 is 12.4 Å². The van der Waals surface area contributed by atoms with Crippen LogP contribution in [-0.2, 0) is 9.59 Å². The van der Waals surface area contributed by atoms with Crippen LogP contribution in [0, 0.1) is 11.7 Å². The fourth-order valence-electron chi connectivity index (χ4n) is 2.99. The molecule has 0 spiro atoms. The van der Waals surface area contributed by atoms with Gasteiger partial charge in [0.15, 0.2) is 0 Å². The van der Waals surface area contributed by atoms with E-state index < -0.39 is 0 Å². The van der Waals surface area contributed by atoms with Crippen LogP contribution in [0.2, 0.25) is 0 Å². The summed E-state index contributed by atoms with van der Waals surface area (Å²) in [5.41, 5.74) is 6.63. The van der Waals surface area contributed by atoms with Gasteiger partial charge in [0, 0.05) is 24.2 Å². The summed E-state index contributed by atoms with van der Waals surface area (Å²) in [5.74, 6) is -0.757. The first-order chi connectivity index (χ1) is 11.1. The molecule has 2 saturated heterocycles. The predicted molar refractivity (Wildman–Crippen MR) is 90.1 cm³/mol. The van der Waals surface area contributed by atoms with Crippen molar-refractivity contribution < 1.29 is 14.0 Å². The normalized spacial score (nSPS) is 25.3. The number of hydrogen-bond acceptors (Lipinski definition) is 5. The second-order valence-electron chi connectivity index (χ2n) is 5.80. The highest BCUT2D eigenvalue weighted by atomic mass is 35.5. The number of rotatable bonds is 4. The Morgan fingerprint density at radius 2 is 1.96 bits per heavy atom. The van der Waals surface area contributed by atoms with Crippen molar-refractivity contribution >= 4 is 29.9 Å². The Hall–Kier alpha value is -1.74. The third-order valence-electron chi connectivity index (χ3n) is 4.21. The van der Waals surface area contributed by atoms with Crippen molar-refractivity contribution in [3.8, 4) is 0 Å². The Labute approximate surface area is 145 Å². The van der Waals surface area contributed by atoms with E-state index in [0.717, 1.165) is 19.5 Å². The van der Waals surface area contributed by atoms with Crippen molar-refractivity contribution in [3.05, 3.63) is 30.1 Å². The molecule has 7 nitrogen and oxygen atoms in total. The van der Waals surface area contributed by atoms with Crippen molar-refractivity contribution in [2.45, 2.75) is 18.5 Å². The zero-order valence-electron chi connectivity index (χ0n) is 13.0. The van der Waals surface area contributed by atoms with E-state index in [9.17, 15) is 14.0 Å². The number of anilines is 1. The third-order valence-corrected chi connectivity index (χ3v) is 4.21. The number of nitrogens with one attached hydrogen (secondary N) is 5. The first-order valence-corrected chi connectivity index (χ1v) is 7.68. The number of hydrogen-bond donors (Lipinski definition) is 5. The lowest BCUT2D eigenvalue weighted by Crippen LogP contribution is -2.50. The van der Waals surface area contributed by atoms with E-state index in [1.807, 2.05) is 0 Å². The molecule has 0 bridgehead atoms. The standard InChI is InChI=1S/C15H20FN5O2.ClH/c16-9-1-3-10(4-2-9)19-13(22)8-18-15(23)14-11-7-17-6-5-12(11)20-21-14;/h1-4,11-12,14,17,20-21H,5-8H2,(H,18,23)(H,19,22);1H. The Balaban J connectivity index is 0.00000208. The highest BCUT2D eigenvalue weighted by Gasteiger charge is 2.41. The topological polar surface area (TPSA) is 94.3 Å². The summed E-state index contributed by atoms with van der Waals surface area (Å²) >= 11 is 0. The van der Waals surface area contributed by atoms with E-state index in [2.05, 4.69) is 26.8 Å². The van der Waals surface area contributed by atoms with E-state index in [-0.39, 0.29) is 54.6 Å². The molecule has 0 radical (unpaired) electrons. The fraction of sp³-hybridized carbons (Fsp3) is 0.467. The summed E-state index contributed by atoms with van der Waals surface area (Å²) in [6.07, 6.45) is 0.965. The number of carbonyl (C=O) groups is 2. The van der Waals surface area contributed by atoms with Crippen molar-refractivity contribution in [3.63, 3.8) is 0 Å². The van der Waals surface area contributed by atoms with Gasteiger partial charge in [-0.15, -0.1) is 12.4 Å². The minimum atomic E-state index is -0.369. The monoisotopic (exact) mass is 357 g/mol. The van der Waals surface area contributed by atoms with Gasteiger partial charge in [0.2, 0.25) is 11.8 Å². The molecule has 2 amide bonds. The zero-order chi connectivity index (χ0) is 16.2. The van der Waals surface area contributed by atoms with Gasteiger partial charge in [0.25, 0.3) is 0 Å². The first kappa shape index (κ1) is 18.6. The third kappa shape index (κ3) is 4.41. The molecule has 0 aromatic heterocycles. The van der Waals surface area contributed by atoms with Crippen molar-refractivity contribution in [2.24, 2.45) is 5.92 Å². The Bertz CT molecular complexity index is 586. The first-order valence-electron chi connectivity index (χ1n) is 7.68. The number of benzene rings is 1. The van der Waals surface area contributed by atoms with Gasteiger partial charge in [0.1, 0.15) is 11.9 Å². The predicted octanol–water partition coefficient (Wildman–Crippen LogP) is -0.243. The summed E-state index contributed by atoms with van der Waals surface area (Å²) in [7, 11) is 0. The average Bonchev–Trinajstić information content (AvgIpc) is 2.99. The molecule has 132 valence electrons. The molecule has 2 fully saturated rings. The number of carbonyl (C=O) groups excluding carboxylic acids is 2. The summed E-state index contributed by atoms with van der Waals surface area (Å²) < 4.78 is 12.8. The molecule has 1 aromatic carbocycles. The second kappa shape index (κ2) is 8.39. The molecule has 0 saturated carbocycles. The van der Waals surface area contributed by atoms with Crippen LogP contribution in [0.3, 0.4) is 0 Å². The van der Waals surface area contributed by atoms with E-state index in [1.54, 1.807) is 0 Å². The smallest absolute Gasteiger partial charge is 0.243 e. The Kier molecular flexibility index (Phi) is 6.50. The van der Waals surface area contributed by atoms with Crippen LogP contribution in [0.1, 0.15) is 6.42 Å². The number of halogens is 2. The van der Waals surface area contributed by atoms with Gasteiger partial charge < -0.3 is 16.0 Å². The van der Waals surface area contributed by atoms with E-state index in [4.69, 9.17) is 0 Å². The summed E-state index contributed by atoms with van der Waals surface area (Å²) in [6.45, 7) is 1.58. The Morgan fingerprint density at radius 3 is 2.71 bits per heavy atom. The highest BCUT2D eigenvalue weighted by molar-refractivity contribution is 5.95. The van der Waals surface area contributed by atoms with E-state index >= 15 is 0 Å². The lowest BCUT2D eigenvalue weighted by molar-refractivity contribution is -0.126. The number of piperidine rings is 1. The van der Waals surface area contributed by atoms with Crippen molar-refractivity contribution in [1.29, 1.82) is 0 Å². The largest absolute Gasteiger partial charge is 0.346 e. The molecule has 2 aliphatic rings. The highest BCUT2D eigenvalue weighted by Crippen LogP contribution is 2.19. The van der Waals surface area contributed by atoms with Gasteiger partial charge >= 0.3 is 0 Å². The van der Waals surface area contributed by atoms with Crippen LogP contribution in [0.25, 0.3) is 0 Å². The maximum Gasteiger partial charge on any atom is 0.243 e. The molecular formula is C15H21ClFN5O2. The molecule has 2 heterocycles. The van der Waals surface area contributed by atoms with Gasteiger partial charge in [-0.05, 0) is 37.2 Å². The molecule has 5 N–H and O–H groups in total. The Morgan fingerprint density at radius 1 is 1.21 bits per heavy atom. The number of amides is 2. The molecule has 2 aliphatic heterocycles. The number of fused-ring (bicyclic) bond motifs is 1. The molecule has 3 atom stereocenters. The zero-order valence-corrected chi connectivity index (χ0v) is 13.8. The van der Waals surface area contributed by atoms with Gasteiger partial charge in [-0.1, -0.05) is 0 Å². The minimum Gasteiger partial charge on any atom is -0.346 e. The van der Waals surface area contributed by atoms with Crippen LogP contribution in [0.4, 0.5) is 10.1 Å². The van der Waals surface area contributed by atoms with Crippen LogP contribution in [-0.4, -0.2) is 43.5 Å². The van der Waals surface area contributed by atoms with Gasteiger partial charge in [-0.25, -0.2) is 9.82 Å². The van der Waals surface area contributed by atoms with Gasteiger partial charge in [-0.2, -0.15) is 0 Å². The van der Waals surface area contributed by atoms with Crippen LogP contribution in [0.5, 0.6) is 0 Å². The minimum absolute atomic E-state index is 0. The lowest BCUT2D eigenvalue weighted by Gasteiger charge is -2.27.